The standard InChI is InChI=1S/C21H17Cl2FO4/c1-10-18(15-8-13(26-3)9-17(27-4)20(15)23)19(11(2)28-21(10)25)14-6-5-12(24)7-16(14)22/h5-9H,1-4H3. The number of hydrogen-bond donors (Lipinski definition) is 0. The predicted molar refractivity (Wildman–Crippen MR) is 108 cm³/mol. The van der Waals surface area contributed by atoms with E-state index in [1.165, 1.54) is 32.4 Å². The number of aryl methyl sites for hydroxylation is 1. The van der Waals surface area contributed by atoms with Gasteiger partial charge in [-0.25, -0.2) is 9.18 Å². The van der Waals surface area contributed by atoms with Crippen LogP contribution in [-0.2, 0) is 0 Å². The van der Waals surface area contributed by atoms with Crippen molar-refractivity contribution in [1.82, 2.24) is 0 Å². The van der Waals surface area contributed by atoms with E-state index in [1.54, 1.807) is 26.0 Å². The van der Waals surface area contributed by atoms with E-state index in [2.05, 4.69) is 0 Å². The fourth-order valence-corrected chi connectivity index (χ4v) is 3.65. The third-order valence-electron chi connectivity index (χ3n) is 4.47. The molecular formula is C21H17Cl2FO4. The van der Waals surface area contributed by atoms with Crippen molar-refractivity contribution in [2.75, 3.05) is 14.2 Å². The van der Waals surface area contributed by atoms with Gasteiger partial charge < -0.3 is 13.9 Å². The Hall–Kier alpha value is -2.50. The van der Waals surface area contributed by atoms with Gasteiger partial charge in [0.25, 0.3) is 0 Å². The minimum Gasteiger partial charge on any atom is -0.497 e. The lowest BCUT2D eigenvalue weighted by Crippen LogP contribution is -2.09. The smallest absolute Gasteiger partial charge is 0.339 e. The molecule has 0 amide bonds. The fourth-order valence-electron chi connectivity index (χ4n) is 3.11. The maximum Gasteiger partial charge on any atom is 0.339 e. The van der Waals surface area contributed by atoms with Crippen LogP contribution in [0.3, 0.4) is 0 Å². The summed E-state index contributed by atoms with van der Waals surface area (Å²) in [6, 6.07) is 7.37. The largest absolute Gasteiger partial charge is 0.497 e. The van der Waals surface area contributed by atoms with Crippen LogP contribution in [0.5, 0.6) is 11.5 Å². The molecule has 3 rings (SSSR count). The van der Waals surface area contributed by atoms with Crippen molar-refractivity contribution >= 4 is 23.2 Å². The van der Waals surface area contributed by atoms with Crippen molar-refractivity contribution in [2.45, 2.75) is 13.8 Å². The molecule has 0 aliphatic heterocycles. The summed E-state index contributed by atoms with van der Waals surface area (Å²) in [5.74, 6) is 0.746. The number of hydrogen-bond acceptors (Lipinski definition) is 4. The highest BCUT2D eigenvalue weighted by Gasteiger charge is 2.24. The summed E-state index contributed by atoms with van der Waals surface area (Å²) < 4.78 is 29.6. The van der Waals surface area contributed by atoms with E-state index in [4.69, 9.17) is 37.1 Å². The molecule has 4 nitrogen and oxygen atoms in total. The Kier molecular flexibility index (Phi) is 5.68. The second-order valence-electron chi connectivity index (χ2n) is 6.14. The summed E-state index contributed by atoms with van der Waals surface area (Å²) in [5.41, 5.74) is 1.91. The lowest BCUT2D eigenvalue weighted by atomic mass is 9.91. The first-order valence-electron chi connectivity index (χ1n) is 8.30. The predicted octanol–water partition coefficient (Wildman–Crippen LogP) is 6.05. The first kappa shape index (κ1) is 20.2. The quantitative estimate of drug-likeness (QED) is 0.512. The van der Waals surface area contributed by atoms with Gasteiger partial charge in [0.05, 0.1) is 24.3 Å². The van der Waals surface area contributed by atoms with Crippen LogP contribution < -0.4 is 15.1 Å². The average molecular weight is 423 g/mol. The Balaban J connectivity index is 2.47. The van der Waals surface area contributed by atoms with Gasteiger partial charge in [-0.1, -0.05) is 23.2 Å². The van der Waals surface area contributed by atoms with Crippen LogP contribution >= 0.6 is 23.2 Å². The Morgan fingerprint density at radius 1 is 0.964 bits per heavy atom. The van der Waals surface area contributed by atoms with Crippen LogP contribution in [0.15, 0.2) is 39.5 Å². The molecule has 2 aromatic carbocycles. The first-order chi connectivity index (χ1) is 13.3. The Morgan fingerprint density at radius 3 is 2.29 bits per heavy atom. The van der Waals surface area contributed by atoms with Gasteiger partial charge in [0.2, 0.25) is 0 Å². The van der Waals surface area contributed by atoms with E-state index in [0.717, 1.165) is 0 Å². The van der Waals surface area contributed by atoms with Gasteiger partial charge in [0, 0.05) is 33.9 Å². The molecular weight excluding hydrogens is 406 g/mol. The van der Waals surface area contributed by atoms with Gasteiger partial charge >= 0.3 is 5.63 Å². The molecule has 0 N–H and O–H groups in total. The van der Waals surface area contributed by atoms with Crippen molar-refractivity contribution in [3.05, 3.63) is 67.9 Å². The van der Waals surface area contributed by atoms with Crippen molar-refractivity contribution in [3.63, 3.8) is 0 Å². The molecule has 146 valence electrons. The number of halogens is 3. The number of ether oxygens (including phenoxy) is 2. The highest BCUT2D eigenvalue weighted by molar-refractivity contribution is 6.36. The van der Waals surface area contributed by atoms with E-state index < -0.39 is 11.4 Å². The van der Waals surface area contributed by atoms with E-state index in [-0.39, 0.29) is 5.02 Å². The van der Waals surface area contributed by atoms with Crippen molar-refractivity contribution in [3.8, 4) is 33.8 Å². The summed E-state index contributed by atoms with van der Waals surface area (Å²) >= 11 is 12.9. The van der Waals surface area contributed by atoms with Gasteiger partial charge in [0.15, 0.2) is 0 Å². The van der Waals surface area contributed by atoms with Crippen molar-refractivity contribution < 1.29 is 18.3 Å². The fraction of sp³-hybridized carbons (Fsp3) is 0.190. The van der Waals surface area contributed by atoms with Gasteiger partial charge in [-0.2, -0.15) is 0 Å². The topological polar surface area (TPSA) is 48.7 Å². The van der Waals surface area contributed by atoms with Crippen LogP contribution in [0.25, 0.3) is 22.3 Å². The molecule has 0 aliphatic rings. The molecule has 28 heavy (non-hydrogen) atoms. The second-order valence-corrected chi connectivity index (χ2v) is 6.92. The third-order valence-corrected chi connectivity index (χ3v) is 5.17. The molecule has 0 spiro atoms. The molecule has 1 heterocycles. The zero-order valence-corrected chi connectivity index (χ0v) is 17.2. The molecule has 3 aromatic rings. The van der Waals surface area contributed by atoms with Gasteiger partial charge in [-0.3, -0.25) is 0 Å². The van der Waals surface area contributed by atoms with Crippen molar-refractivity contribution in [1.29, 1.82) is 0 Å². The minimum atomic E-state index is -0.507. The molecule has 0 fully saturated rings. The molecule has 0 aliphatic carbocycles. The summed E-state index contributed by atoms with van der Waals surface area (Å²) in [4.78, 5) is 12.4. The summed E-state index contributed by atoms with van der Waals surface area (Å²) in [6.07, 6.45) is 0. The molecule has 0 atom stereocenters. The lowest BCUT2D eigenvalue weighted by molar-refractivity contribution is 0.395. The molecule has 0 saturated carbocycles. The Labute approximate surface area is 171 Å². The highest BCUT2D eigenvalue weighted by atomic mass is 35.5. The minimum absolute atomic E-state index is 0.184. The van der Waals surface area contributed by atoms with Crippen LogP contribution in [-0.4, -0.2) is 14.2 Å². The van der Waals surface area contributed by atoms with E-state index in [0.29, 0.717) is 50.1 Å². The van der Waals surface area contributed by atoms with Gasteiger partial charge in [-0.05, 0) is 38.1 Å². The Bertz CT molecular complexity index is 1120. The van der Waals surface area contributed by atoms with E-state index in [9.17, 15) is 9.18 Å². The zero-order chi connectivity index (χ0) is 20.6. The summed E-state index contributed by atoms with van der Waals surface area (Å²) in [7, 11) is 3.00. The normalized spacial score (nSPS) is 10.8. The van der Waals surface area contributed by atoms with Crippen LogP contribution in [0.1, 0.15) is 11.3 Å². The monoisotopic (exact) mass is 422 g/mol. The van der Waals surface area contributed by atoms with E-state index in [1.807, 2.05) is 0 Å². The molecule has 7 heteroatoms. The van der Waals surface area contributed by atoms with E-state index >= 15 is 0 Å². The van der Waals surface area contributed by atoms with Crippen molar-refractivity contribution in [2.24, 2.45) is 0 Å². The third kappa shape index (κ3) is 3.48. The van der Waals surface area contributed by atoms with Crippen LogP contribution in [0.2, 0.25) is 10.0 Å². The van der Waals surface area contributed by atoms with Gasteiger partial charge in [-0.15, -0.1) is 0 Å². The maximum atomic E-state index is 13.6. The number of benzene rings is 2. The Morgan fingerprint density at radius 2 is 1.68 bits per heavy atom. The maximum absolute atomic E-state index is 13.6. The van der Waals surface area contributed by atoms with Crippen LogP contribution in [0, 0.1) is 19.7 Å². The van der Waals surface area contributed by atoms with Crippen LogP contribution in [0.4, 0.5) is 4.39 Å². The first-order valence-corrected chi connectivity index (χ1v) is 9.05. The zero-order valence-electron chi connectivity index (χ0n) is 15.7. The molecule has 0 unspecified atom stereocenters. The molecule has 0 saturated heterocycles. The lowest BCUT2D eigenvalue weighted by Gasteiger charge is -2.18. The summed E-state index contributed by atoms with van der Waals surface area (Å²) in [6.45, 7) is 3.27. The number of methoxy groups -OCH3 is 2. The molecule has 1 aromatic heterocycles. The second kappa shape index (κ2) is 7.86. The van der Waals surface area contributed by atoms with Gasteiger partial charge in [0.1, 0.15) is 23.1 Å². The molecule has 0 radical (unpaired) electrons. The average Bonchev–Trinajstić information content (AvgIpc) is 2.66. The molecule has 0 bridgehead atoms. The highest BCUT2D eigenvalue weighted by Crippen LogP contribution is 2.45. The number of rotatable bonds is 4. The summed E-state index contributed by atoms with van der Waals surface area (Å²) in [5, 5.41) is 0.486. The SMILES string of the molecule is COc1cc(OC)c(Cl)c(-c2c(-c3ccc(F)cc3Cl)c(C)oc(=O)c2C)c1.